The first-order valence-electron chi connectivity index (χ1n) is 17.9. The smallest absolute Gasteiger partial charge is 0.416 e. The van der Waals surface area contributed by atoms with E-state index in [-0.39, 0.29) is 31.0 Å². The zero-order chi connectivity index (χ0) is 34.1. The van der Waals surface area contributed by atoms with Crippen LogP contribution in [0.2, 0.25) is 0 Å². The minimum absolute atomic E-state index is 0.0429. The Bertz CT molecular complexity index is 1400. The Kier molecular flexibility index (Phi) is 10.6. The average Bonchev–Trinajstić information content (AvgIpc) is 3.80. The molecule has 48 heavy (non-hydrogen) atoms. The number of carbonyl (C=O) groups excluding carboxylic acids is 1. The molecule has 1 saturated carbocycles. The first-order valence-corrected chi connectivity index (χ1v) is 17.9. The summed E-state index contributed by atoms with van der Waals surface area (Å²) in [5.74, 6) is -0.401. The minimum atomic E-state index is -4.47. The maximum Gasteiger partial charge on any atom is 0.416 e. The lowest BCUT2D eigenvalue weighted by molar-refractivity contribution is -0.143. The number of hydrogen-bond acceptors (Lipinski definition) is 5. The molecule has 4 fully saturated rings. The van der Waals surface area contributed by atoms with Gasteiger partial charge in [0.2, 0.25) is 5.67 Å². The predicted molar refractivity (Wildman–Crippen MR) is 179 cm³/mol. The van der Waals surface area contributed by atoms with Gasteiger partial charge in [-0.25, -0.2) is 4.39 Å². The van der Waals surface area contributed by atoms with Crippen LogP contribution in [0.15, 0.2) is 42.5 Å². The average molecular weight is 674 g/mol. The largest absolute Gasteiger partial charge is 0.497 e. The van der Waals surface area contributed by atoms with Crippen LogP contribution in [-0.4, -0.2) is 87.5 Å². The van der Waals surface area contributed by atoms with Crippen LogP contribution in [0.25, 0.3) is 0 Å². The highest BCUT2D eigenvalue weighted by atomic mass is 19.4. The van der Waals surface area contributed by atoms with Crippen LogP contribution in [0.4, 0.5) is 23.2 Å². The standard InChI is InChI=1S/C38H51F4N3O3/c1-4-26-8-7-18-43(19-17-26)35-20-29(38(40,41)42)13-16-32(35)33-22-44(21-28(33)24-47-2)36(46)37(39)25-45(30-9-5-6-10-30)23-34(37)27-11-14-31(48-3)15-12-27/h11-16,20,26,28,30,33-34H,4-10,17-19,21-25H2,1-3H3/t26?,28-,33+,34+,37+/m1/s1. The second kappa shape index (κ2) is 14.6. The van der Waals surface area contributed by atoms with Crippen LogP contribution in [0.3, 0.4) is 0 Å². The van der Waals surface area contributed by atoms with Crippen LogP contribution < -0.4 is 9.64 Å². The zero-order valence-corrected chi connectivity index (χ0v) is 28.6. The number of benzene rings is 2. The van der Waals surface area contributed by atoms with Gasteiger partial charge in [0.1, 0.15) is 5.75 Å². The first-order chi connectivity index (χ1) is 23.0. The van der Waals surface area contributed by atoms with E-state index in [1.54, 1.807) is 25.2 Å². The summed E-state index contributed by atoms with van der Waals surface area (Å²) in [7, 11) is 3.19. The number of methoxy groups -OCH3 is 2. The summed E-state index contributed by atoms with van der Waals surface area (Å²) in [4.78, 5) is 20.5. The normalized spacial score (nSPS) is 29.1. The molecule has 2 aromatic carbocycles. The third-order valence-electron chi connectivity index (χ3n) is 11.7. The van der Waals surface area contributed by atoms with Gasteiger partial charge in [0.15, 0.2) is 0 Å². The molecule has 0 spiro atoms. The highest BCUT2D eigenvalue weighted by molar-refractivity contribution is 5.88. The van der Waals surface area contributed by atoms with Crippen molar-refractivity contribution in [1.29, 1.82) is 0 Å². The van der Waals surface area contributed by atoms with E-state index in [9.17, 15) is 18.0 Å². The fourth-order valence-corrected chi connectivity index (χ4v) is 8.98. The Hall–Kier alpha value is -2.85. The van der Waals surface area contributed by atoms with Gasteiger partial charge in [0, 0.05) is 75.9 Å². The van der Waals surface area contributed by atoms with Gasteiger partial charge in [-0.15, -0.1) is 0 Å². The van der Waals surface area contributed by atoms with E-state index in [1.807, 2.05) is 24.3 Å². The van der Waals surface area contributed by atoms with Crippen molar-refractivity contribution in [1.82, 2.24) is 9.80 Å². The molecular weight excluding hydrogens is 622 g/mol. The highest BCUT2D eigenvalue weighted by Crippen LogP contribution is 2.47. The monoisotopic (exact) mass is 673 g/mol. The molecule has 1 aliphatic carbocycles. The van der Waals surface area contributed by atoms with Gasteiger partial charge in [-0.05, 0) is 73.4 Å². The number of nitrogens with zero attached hydrogens (tertiary/aromatic N) is 3. The van der Waals surface area contributed by atoms with Crippen molar-refractivity contribution in [2.24, 2.45) is 11.8 Å². The lowest BCUT2D eigenvalue weighted by atomic mass is 9.85. The number of carbonyl (C=O) groups is 1. The summed E-state index contributed by atoms with van der Waals surface area (Å²) in [6.45, 7) is 4.90. The number of likely N-dealkylation sites (tertiary alicyclic amines) is 2. The third-order valence-corrected chi connectivity index (χ3v) is 11.7. The predicted octanol–water partition coefficient (Wildman–Crippen LogP) is 7.67. The highest BCUT2D eigenvalue weighted by Gasteiger charge is 2.57. The van der Waals surface area contributed by atoms with E-state index < -0.39 is 29.2 Å². The number of rotatable bonds is 9. The van der Waals surface area contributed by atoms with Crippen LogP contribution in [0.1, 0.15) is 86.8 Å². The number of hydrogen-bond donors (Lipinski definition) is 0. The van der Waals surface area contributed by atoms with E-state index in [2.05, 4.69) is 16.7 Å². The summed E-state index contributed by atoms with van der Waals surface area (Å²) in [6, 6.07) is 11.7. The Morgan fingerprint density at radius 2 is 1.69 bits per heavy atom. The van der Waals surface area contributed by atoms with Crippen molar-refractivity contribution in [3.63, 3.8) is 0 Å². The van der Waals surface area contributed by atoms with Crippen molar-refractivity contribution >= 4 is 11.6 Å². The Morgan fingerprint density at radius 3 is 2.35 bits per heavy atom. The molecule has 264 valence electrons. The summed E-state index contributed by atoms with van der Waals surface area (Å²) >= 11 is 0. The SMILES string of the molecule is CCC1CCCN(c2cc(C(F)(F)F)ccc2[C@H]2CN(C(=O)[C@]3(F)CN(C4CCCC4)C[C@H]3c3ccc(OC)cc3)C[C@@H]2COC)CC1. The molecule has 0 aromatic heterocycles. The van der Waals surface area contributed by atoms with Gasteiger partial charge in [-0.1, -0.05) is 44.4 Å². The number of halogens is 4. The van der Waals surface area contributed by atoms with Crippen LogP contribution in [-0.2, 0) is 15.7 Å². The van der Waals surface area contributed by atoms with Crippen molar-refractivity contribution in [2.45, 2.75) is 88.0 Å². The second-order valence-electron chi connectivity index (χ2n) is 14.6. The molecule has 6 rings (SSSR count). The molecule has 6 nitrogen and oxygen atoms in total. The fraction of sp³-hybridized carbons (Fsp3) is 0.658. The van der Waals surface area contributed by atoms with E-state index in [1.165, 1.54) is 6.07 Å². The molecular formula is C38H51F4N3O3. The second-order valence-corrected chi connectivity index (χ2v) is 14.6. The molecule has 4 aliphatic rings. The molecule has 1 unspecified atom stereocenters. The van der Waals surface area contributed by atoms with Crippen molar-refractivity contribution in [3.05, 3.63) is 59.2 Å². The number of anilines is 1. The Balaban J connectivity index is 1.32. The Morgan fingerprint density at radius 1 is 0.938 bits per heavy atom. The third kappa shape index (κ3) is 7.07. The maximum absolute atomic E-state index is 17.7. The molecule has 10 heteroatoms. The lowest BCUT2D eigenvalue weighted by Crippen LogP contribution is -2.50. The van der Waals surface area contributed by atoms with Crippen LogP contribution in [0.5, 0.6) is 5.75 Å². The van der Waals surface area contributed by atoms with Gasteiger partial charge in [0.05, 0.1) is 19.3 Å². The summed E-state index contributed by atoms with van der Waals surface area (Å²) in [5, 5.41) is 0. The molecule has 3 aliphatic heterocycles. The topological polar surface area (TPSA) is 45.2 Å². The van der Waals surface area contributed by atoms with Crippen LogP contribution in [0, 0.1) is 11.8 Å². The summed E-state index contributed by atoms with van der Waals surface area (Å²) < 4.78 is 70.8. The fourth-order valence-electron chi connectivity index (χ4n) is 8.98. The van der Waals surface area contributed by atoms with E-state index in [0.717, 1.165) is 68.6 Å². The van der Waals surface area contributed by atoms with Gasteiger partial charge in [0.25, 0.3) is 5.91 Å². The van der Waals surface area contributed by atoms with Crippen molar-refractivity contribution in [3.8, 4) is 5.75 Å². The van der Waals surface area contributed by atoms with E-state index in [4.69, 9.17) is 9.47 Å². The van der Waals surface area contributed by atoms with E-state index in [0.29, 0.717) is 50.1 Å². The summed E-state index contributed by atoms with van der Waals surface area (Å²) in [6.07, 6.45) is 3.72. The van der Waals surface area contributed by atoms with Gasteiger partial charge in [-0.3, -0.25) is 9.69 Å². The van der Waals surface area contributed by atoms with Crippen molar-refractivity contribution < 1.29 is 31.8 Å². The number of amides is 1. The van der Waals surface area contributed by atoms with E-state index >= 15 is 4.39 Å². The first kappa shape index (κ1) is 35.0. The number of ether oxygens (including phenoxy) is 2. The molecule has 0 N–H and O–H groups in total. The van der Waals surface area contributed by atoms with Crippen LogP contribution >= 0.6 is 0 Å². The lowest BCUT2D eigenvalue weighted by Gasteiger charge is -2.31. The summed E-state index contributed by atoms with van der Waals surface area (Å²) in [5.41, 5.74) is -0.662. The Labute approximate surface area is 282 Å². The van der Waals surface area contributed by atoms with Gasteiger partial charge < -0.3 is 19.3 Å². The molecule has 3 saturated heterocycles. The number of alkyl halides is 4. The molecule has 1 amide bonds. The molecule has 0 bridgehead atoms. The van der Waals surface area contributed by atoms with Gasteiger partial charge in [-0.2, -0.15) is 13.2 Å². The zero-order valence-electron chi connectivity index (χ0n) is 28.6. The molecule has 2 aromatic rings. The molecule has 0 radical (unpaired) electrons. The molecule has 5 atom stereocenters. The van der Waals surface area contributed by atoms with Crippen molar-refractivity contribution in [2.75, 3.05) is 65.0 Å². The minimum Gasteiger partial charge on any atom is -0.497 e. The molecule has 3 heterocycles. The maximum atomic E-state index is 17.7. The quantitative estimate of drug-likeness (QED) is 0.256. The van der Waals surface area contributed by atoms with Gasteiger partial charge >= 0.3 is 6.18 Å².